The molecule has 0 bridgehead atoms. The van der Waals surface area contributed by atoms with Gasteiger partial charge >= 0.3 is 0 Å². The van der Waals surface area contributed by atoms with Gasteiger partial charge in [-0.1, -0.05) is 17.8 Å². The summed E-state index contributed by atoms with van der Waals surface area (Å²) < 4.78 is 50.6. The number of amides is 1. The molecule has 1 aliphatic rings. The lowest BCUT2D eigenvalue weighted by Crippen LogP contribution is -2.22. The highest BCUT2D eigenvalue weighted by Crippen LogP contribution is 2.29. The predicted octanol–water partition coefficient (Wildman–Crippen LogP) is 0.698. The first-order valence-corrected chi connectivity index (χ1v) is 13.3. The summed E-state index contributed by atoms with van der Waals surface area (Å²) in [4.78, 5) is 12.4. The number of hydrogen-bond donors (Lipinski definition) is 1. The monoisotopic (exact) mass is 473 g/mol. The van der Waals surface area contributed by atoms with Gasteiger partial charge in [0, 0.05) is 32.7 Å². The zero-order valence-electron chi connectivity index (χ0n) is 16.8. The number of carbonyl (C=O) groups excluding carboxylic acids is 1. The molecule has 1 aromatic carbocycles. The molecule has 1 aromatic heterocycles. The Balaban J connectivity index is 1.62. The Kier molecular flexibility index (Phi) is 6.55. The molecular formula is C17H23N5O5S3. The molecule has 13 heteroatoms. The van der Waals surface area contributed by atoms with Crippen LogP contribution in [0.3, 0.4) is 0 Å². The van der Waals surface area contributed by atoms with Gasteiger partial charge in [-0.15, -0.1) is 10.2 Å². The molecule has 0 spiro atoms. The van der Waals surface area contributed by atoms with E-state index >= 15 is 0 Å². The van der Waals surface area contributed by atoms with E-state index in [2.05, 4.69) is 15.5 Å². The molecule has 1 atom stereocenters. The number of aromatic nitrogens is 3. The molecule has 2 aromatic rings. The number of sulfonamides is 1. The van der Waals surface area contributed by atoms with Crippen LogP contribution in [0.5, 0.6) is 0 Å². The summed E-state index contributed by atoms with van der Waals surface area (Å²) in [6.45, 7) is 0. The van der Waals surface area contributed by atoms with Gasteiger partial charge in [0.25, 0.3) is 0 Å². The minimum Gasteiger partial charge on any atom is -0.325 e. The third kappa shape index (κ3) is 5.02. The Hall–Kier alpha value is -1.96. The van der Waals surface area contributed by atoms with Crippen molar-refractivity contribution in [2.45, 2.75) is 22.4 Å². The molecule has 1 saturated heterocycles. The Morgan fingerprint density at radius 3 is 2.70 bits per heavy atom. The molecular weight excluding hydrogens is 450 g/mol. The highest BCUT2D eigenvalue weighted by molar-refractivity contribution is 7.99. The van der Waals surface area contributed by atoms with Gasteiger partial charge in [-0.2, -0.15) is 0 Å². The number of nitrogens with one attached hydrogen (secondary N) is 1. The van der Waals surface area contributed by atoms with E-state index in [1.807, 2.05) is 0 Å². The van der Waals surface area contributed by atoms with Gasteiger partial charge in [0.15, 0.2) is 15.0 Å². The molecule has 1 aliphatic heterocycles. The van der Waals surface area contributed by atoms with Crippen molar-refractivity contribution in [3.63, 3.8) is 0 Å². The van der Waals surface area contributed by atoms with E-state index < -0.39 is 19.9 Å². The van der Waals surface area contributed by atoms with Crippen molar-refractivity contribution in [3.8, 4) is 0 Å². The maximum absolute atomic E-state index is 12.3. The number of rotatable bonds is 7. The third-order valence-corrected chi connectivity index (χ3v) is 9.29. The lowest BCUT2D eigenvalue weighted by atomic mass is 10.1. The molecule has 1 fully saturated rings. The van der Waals surface area contributed by atoms with E-state index in [4.69, 9.17) is 0 Å². The van der Waals surface area contributed by atoms with Gasteiger partial charge < -0.3 is 9.88 Å². The largest absolute Gasteiger partial charge is 0.325 e. The highest BCUT2D eigenvalue weighted by atomic mass is 32.2. The fourth-order valence-electron chi connectivity index (χ4n) is 3.08. The lowest BCUT2D eigenvalue weighted by Gasteiger charge is -2.12. The van der Waals surface area contributed by atoms with E-state index in [-0.39, 0.29) is 34.0 Å². The topological polar surface area (TPSA) is 131 Å². The van der Waals surface area contributed by atoms with Crippen molar-refractivity contribution >= 4 is 43.2 Å². The zero-order chi connectivity index (χ0) is 22.1. The molecule has 1 N–H and O–H groups in total. The third-order valence-electron chi connectivity index (χ3n) is 4.69. The van der Waals surface area contributed by atoms with E-state index in [0.717, 1.165) is 4.31 Å². The van der Waals surface area contributed by atoms with Crippen molar-refractivity contribution in [1.82, 2.24) is 19.1 Å². The first-order chi connectivity index (χ1) is 14.0. The Morgan fingerprint density at radius 1 is 1.33 bits per heavy atom. The summed E-state index contributed by atoms with van der Waals surface area (Å²) in [5.74, 6) is 0.346. The number of hydrogen-bond acceptors (Lipinski definition) is 8. The van der Waals surface area contributed by atoms with Crippen LogP contribution in [-0.4, -0.2) is 73.2 Å². The molecule has 1 unspecified atom stereocenters. The standard InChI is InChI=1S/C17H23N5O5S3/c1-21(2)30(26,27)14-6-4-5-13(9-14)18-15(23)10-28-17-20-19-16(22(17)3)12-7-8-29(24,25)11-12/h4-6,9,12H,7-8,10-11H2,1-3H3,(H,18,23). The molecule has 3 rings (SSSR count). The molecule has 0 saturated carbocycles. The van der Waals surface area contributed by atoms with Crippen molar-refractivity contribution in [1.29, 1.82) is 0 Å². The summed E-state index contributed by atoms with van der Waals surface area (Å²) in [5.41, 5.74) is 0.373. The van der Waals surface area contributed by atoms with E-state index in [1.165, 1.54) is 38.0 Å². The molecule has 10 nitrogen and oxygen atoms in total. The van der Waals surface area contributed by atoms with Crippen molar-refractivity contribution in [2.75, 3.05) is 36.7 Å². The first-order valence-electron chi connectivity index (χ1n) is 9.04. The summed E-state index contributed by atoms with van der Waals surface area (Å²) >= 11 is 1.17. The van der Waals surface area contributed by atoms with E-state index in [0.29, 0.717) is 23.1 Å². The lowest BCUT2D eigenvalue weighted by molar-refractivity contribution is -0.113. The second-order valence-electron chi connectivity index (χ2n) is 7.15. The molecule has 2 heterocycles. The SMILES string of the molecule is CN(C)S(=O)(=O)c1cccc(NC(=O)CSc2nnc(C3CCS(=O)(=O)C3)n2C)c1. The van der Waals surface area contributed by atoms with Crippen LogP contribution in [0.4, 0.5) is 5.69 Å². The molecule has 0 aliphatic carbocycles. The second-order valence-corrected chi connectivity index (χ2v) is 12.5. The number of benzene rings is 1. The van der Waals surface area contributed by atoms with Gasteiger partial charge in [-0.3, -0.25) is 4.79 Å². The summed E-state index contributed by atoms with van der Waals surface area (Å²) in [6.07, 6.45) is 0.520. The number of sulfone groups is 1. The van der Waals surface area contributed by atoms with Crippen molar-refractivity contribution < 1.29 is 21.6 Å². The minimum atomic E-state index is -3.60. The van der Waals surface area contributed by atoms with E-state index in [9.17, 15) is 21.6 Å². The van der Waals surface area contributed by atoms with Gasteiger partial charge in [-0.25, -0.2) is 21.1 Å². The van der Waals surface area contributed by atoms with Crippen molar-refractivity contribution in [2.24, 2.45) is 7.05 Å². The van der Waals surface area contributed by atoms with Gasteiger partial charge in [0.2, 0.25) is 15.9 Å². The van der Waals surface area contributed by atoms with E-state index in [1.54, 1.807) is 23.7 Å². The van der Waals surface area contributed by atoms with Crippen LogP contribution < -0.4 is 5.32 Å². The highest BCUT2D eigenvalue weighted by Gasteiger charge is 2.32. The number of nitrogens with zero attached hydrogens (tertiary/aromatic N) is 4. The number of thioether (sulfide) groups is 1. The van der Waals surface area contributed by atoms with Crippen molar-refractivity contribution in [3.05, 3.63) is 30.1 Å². The zero-order valence-corrected chi connectivity index (χ0v) is 19.2. The Bertz CT molecular complexity index is 1160. The maximum Gasteiger partial charge on any atom is 0.242 e. The van der Waals surface area contributed by atoms with Gasteiger partial charge in [0.1, 0.15) is 5.82 Å². The predicted molar refractivity (Wildman–Crippen MR) is 114 cm³/mol. The average Bonchev–Trinajstić information content (AvgIpc) is 3.21. The van der Waals surface area contributed by atoms with Gasteiger partial charge in [-0.05, 0) is 24.6 Å². The molecule has 1 amide bonds. The van der Waals surface area contributed by atoms with Crippen LogP contribution in [-0.2, 0) is 31.7 Å². The van der Waals surface area contributed by atoms with Crippen LogP contribution in [0.15, 0.2) is 34.3 Å². The number of carbonyl (C=O) groups is 1. The normalized spacial score (nSPS) is 18.6. The Morgan fingerprint density at radius 2 is 2.07 bits per heavy atom. The summed E-state index contributed by atoms with van der Waals surface area (Å²) in [7, 11) is -2.00. The summed E-state index contributed by atoms with van der Waals surface area (Å²) in [6, 6.07) is 6.03. The van der Waals surface area contributed by atoms with Crippen LogP contribution >= 0.6 is 11.8 Å². The van der Waals surface area contributed by atoms with Crippen LogP contribution in [0.25, 0.3) is 0 Å². The average molecular weight is 474 g/mol. The maximum atomic E-state index is 12.3. The fourth-order valence-corrected chi connectivity index (χ4v) is 6.48. The van der Waals surface area contributed by atoms with Crippen LogP contribution in [0.1, 0.15) is 18.2 Å². The van der Waals surface area contributed by atoms with Crippen LogP contribution in [0.2, 0.25) is 0 Å². The second kappa shape index (κ2) is 8.65. The molecule has 0 radical (unpaired) electrons. The quantitative estimate of drug-likeness (QED) is 0.581. The minimum absolute atomic E-state index is 0.0413. The smallest absolute Gasteiger partial charge is 0.242 e. The Labute approximate surface area is 180 Å². The first kappa shape index (κ1) is 22.7. The molecule has 164 valence electrons. The van der Waals surface area contributed by atoms with Crippen LogP contribution in [0, 0.1) is 0 Å². The fraction of sp³-hybridized carbons (Fsp3) is 0.471. The molecule has 30 heavy (non-hydrogen) atoms. The summed E-state index contributed by atoms with van der Waals surface area (Å²) in [5, 5.41) is 11.4. The van der Waals surface area contributed by atoms with Gasteiger partial charge in [0.05, 0.1) is 22.2 Å². The number of anilines is 1.